The number of pyridine rings is 1. The van der Waals surface area contributed by atoms with Gasteiger partial charge in [-0.25, -0.2) is 14.5 Å². The number of carbonyl (C=O) groups is 1. The fourth-order valence-electron chi connectivity index (χ4n) is 3.48. The van der Waals surface area contributed by atoms with E-state index in [0.29, 0.717) is 46.0 Å². The van der Waals surface area contributed by atoms with Gasteiger partial charge in [0.05, 0.1) is 34.4 Å². The van der Waals surface area contributed by atoms with Crippen LogP contribution in [0, 0.1) is 16.7 Å². The lowest BCUT2D eigenvalue weighted by atomic mass is 10.1. The van der Waals surface area contributed by atoms with Crippen molar-refractivity contribution in [3.8, 4) is 17.6 Å². The molecule has 0 aliphatic heterocycles. The van der Waals surface area contributed by atoms with Crippen LogP contribution in [0.4, 0.5) is 10.6 Å². The van der Waals surface area contributed by atoms with Crippen molar-refractivity contribution in [2.75, 3.05) is 25.5 Å². The number of carbonyl (C=O) groups excluding carboxylic acids is 1. The van der Waals surface area contributed by atoms with E-state index in [1.54, 1.807) is 37.4 Å². The molecule has 0 unspecified atom stereocenters. The highest BCUT2D eigenvalue weighted by atomic mass is 35.5. The summed E-state index contributed by atoms with van der Waals surface area (Å²) < 4.78 is 7.46. The molecule has 2 aromatic heterocycles. The van der Waals surface area contributed by atoms with Crippen LogP contribution in [0.1, 0.15) is 11.1 Å². The first kappa shape index (κ1) is 25.8. The predicted molar refractivity (Wildman–Crippen MR) is 141 cm³/mol. The summed E-state index contributed by atoms with van der Waals surface area (Å²) >= 11 is 12.5. The number of fused-ring (bicyclic) bond motifs is 1. The largest absolute Gasteiger partial charge is 0.453 e. The maximum atomic E-state index is 12.4. The summed E-state index contributed by atoms with van der Waals surface area (Å²) in [6.07, 6.45) is 1.53. The summed E-state index contributed by atoms with van der Waals surface area (Å²) in [5.74, 6) is 0.795. The molecular weight excluding hydrogens is 517 g/mol. The standard InChI is InChI=1S/C24H21Cl2N9O2/c1-34(8-6-27)24(36)31-23-17(3-2-7-30-23)19(29)13-35-20-5-4-18(26)22(21(20)32-33-35)37-16-10-14(12-28)9-15(25)11-16/h2-5,7,9-11,29H,6,8,13,27H2,1H3,(H,30,31,36). The average molecular weight is 538 g/mol. The van der Waals surface area contributed by atoms with Gasteiger partial charge in [0.15, 0.2) is 11.3 Å². The van der Waals surface area contributed by atoms with E-state index < -0.39 is 0 Å². The third kappa shape index (κ3) is 5.78. The molecular formula is C24H21Cl2N9O2. The number of halogens is 2. The normalized spacial score (nSPS) is 10.7. The highest BCUT2D eigenvalue weighted by Gasteiger charge is 2.19. The molecule has 0 atom stereocenters. The zero-order valence-electron chi connectivity index (χ0n) is 19.6. The minimum absolute atomic E-state index is 0.0283. The molecule has 188 valence electrons. The van der Waals surface area contributed by atoms with E-state index in [0.717, 1.165) is 0 Å². The number of benzene rings is 2. The number of nitriles is 1. The molecule has 0 fully saturated rings. The van der Waals surface area contributed by atoms with Crippen LogP contribution in [0.3, 0.4) is 0 Å². The van der Waals surface area contributed by atoms with E-state index in [1.165, 1.54) is 27.9 Å². The highest BCUT2D eigenvalue weighted by Crippen LogP contribution is 2.36. The molecule has 0 spiro atoms. The summed E-state index contributed by atoms with van der Waals surface area (Å²) in [5, 5.41) is 29.6. The molecule has 37 heavy (non-hydrogen) atoms. The quantitative estimate of drug-likeness (QED) is 0.282. The lowest BCUT2D eigenvalue weighted by molar-refractivity contribution is 0.223. The number of hydrogen-bond acceptors (Lipinski definition) is 8. The van der Waals surface area contributed by atoms with Gasteiger partial charge in [-0.15, -0.1) is 5.10 Å². The maximum absolute atomic E-state index is 12.4. The van der Waals surface area contributed by atoms with Crippen molar-refractivity contribution in [1.82, 2.24) is 24.9 Å². The third-order valence-electron chi connectivity index (χ3n) is 5.29. The van der Waals surface area contributed by atoms with E-state index >= 15 is 0 Å². The Kier molecular flexibility index (Phi) is 7.83. The Balaban J connectivity index is 1.61. The van der Waals surface area contributed by atoms with Crippen LogP contribution >= 0.6 is 23.2 Å². The Morgan fingerprint density at radius 3 is 2.86 bits per heavy atom. The van der Waals surface area contributed by atoms with Gasteiger partial charge in [0.2, 0.25) is 0 Å². The number of likely N-dealkylation sites (N-methyl/N-ethyl adjacent to an activating group) is 1. The smallest absolute Gasteiger partial charge is 0.322 e. The fraction of sp³-hybridized carbons (Fsp3) is 0.167. The summed E-state index contributed by atoms with van der Waals surface area (Å²) in [4.78, 5) is 18.1. The minimum atomic E-state index is -0.388. The SMILES string of the molecule is CN(CCN)C(=O)Nc1ncccc1C(=N)Cn1nnc2c(Oc3cc(Cl)cc(C#N)c3)c(Cl)ccc21. The van der Waals surface area contributed by atoms with E-state index in [4.69, 9.17) is 39.1 Å². The molecule has 2 aromatic carbocycles. The second-order valence-corrected chi connectivity index (χ2v) is 8.74. The molecule has 2 amide bonds. The van der Waals surface area contributed by atoms with Crippen molar-refractivity contribution >= 4 is 51.8 Å². The van der Waals surface area contributed by atoms with Crippen molar-refractivity contribution in [2.45, 2.75) is 6.54 Å². The number of hydrogen-bond donors (Lipinski definition) is 3. The van der Waals surface area contributed by atoms with E-state index in [-0.39, 0.29) is 34.9 Å². The molecule has 4 N–H and O–H groups in total. The second-order valence-electron chi connectivity index (χ2n) is 7.90. The van der Waals surface area contributed by atoms with Crippen LogP contribution in [0.15, 0.2) is 48.7 Å². The van der Waals surface area contributed by atoms with Crippen molar-refractivity contribution in [3.63, 3.8) is 0 Å². The molecule has 2 heterocycles. The maximum Gasteiger partial charge on any atom is 0.322 e. The third-order valence-corrected chi connectivity index (χ3v) is 5.81. The summed E-state index contributed by atoms with van der Waals surface area (Å²) in [6.45, 7) is 0.720. The van der Waals surface area contributed by atoms with Crippen molar-refractivity contribution in [3.05, 3.63) is 69.8 Å². The van der Waals surface area contributed by atoms with Gasteiger partial charge in [0, 0.05) is 36.9 Å². The molecule has 4 rings (SSSR count). The Bertz CT molecular complexity index is 1530. The lowest BCUT2D eigenvalue weighted by Crippen LogP contribution is -2.35. The number of aromatic nitrogens is 4. The first-order chi connectivity index (χ1) is 17.8. The van der Waals surface area contributed by atoms with Crippen LogP contribution in [-0.4, -0.2) is 56.8 Å². The van der Waals surface area contributed by atoms with Crippen LogP contribution < -0.4 is 15.8 Å². The van der Waals surface area contributed by atoms with Gasteiger partial charge in [-0.2, -0.15) is 5.26 Å². The molecule has 0 saturated carbocycles. The van der Waals surface area contributed by atoms with E-state index in [1.807, 2.05) is 6.07 Å². The number of rotatable bonds is 8. The first-order valence-corrected chi connectivity index (χ1v) is 11.7. The minimum Gasteiger partial charge on any atom is -0.453 e. The second kappa shape index (κ2) is 11.2. The van der Waals surface area contributed by atoms with Crippen LogP contribution in [0.25, 0.3) is 11.0 Å². The first-order valence-electron chi connectivity index (χ1n) is 11.0. The molecule has 0 radical (unpaired) electrons. The average Bonchev–Trinajstić information content (AvgIpc) is 3.28. The van der Waals surface area contributed by atoms with Gasteiger partial charge in [0.25, 0.3) is 0 Å². The van der Waals surface area contributed by atoms with Gasteiger partial charge in [-0.1, -0.05) is 28.4 Å². The number of nitrogens with one attached hydrogen (secondary N) is 2. The zero-order chi connectivity index (χ0) is 26.5. The topological polar surface area (TPSA) is 159 Å². The van der Waals surface area contributed by atoms with Crippen molar-refractivity contribution in [1.29, 1.82) is 10.7 Å². The molecule has 4 aromatic rings. The molecule has 0 bridgehead atoms. The molecule has 0 saturated heterocycles. The Morgan fingerprint density at radius 1 is 1.30 bits per heavy atom. The number of amides is 2. The molecule has 13 heteroatoms. The summed E-state index contributed by atoms with van der Waals surface area (Å²) in [5.41, 5.74) is 7.34. The van der Waals surface area contributed by atoms with Gasteiger partial charge in [-0.05, 0) is 42.5 Å². The number of ether oxygens (including phenoxy) is 1. The molecule has 0 aliphatic carbocycles. The highest BCUT2D eigenvalue weighted by molar-refractivity contribution is 6.33. The lowest BCUT2D eigenvalue weighted by Gasteiger charge is -2.18. The Morgan fingerprint density at radius 2 is 2.11 bits per heavy atom. The van der Waals surface area contributed by atoms with E-state index in [2.05, 4.69) is 20.6 Å². The van der Waals surface area contributed by atoms with E-state index in [9.17, 15) is 10.1 Å². The van der Waals surface area contributed by atoms with Gasteiger partial charge in [-0.3, -0.25) is 5.32 Å². The number of anilines is 1. The monoisotopic (exact) mass is 537 g/mol. The Hall–Kier alpha value is -4.24. The van der Waals surface area contributed by atoms with Crippen LogP contribution in [0.2, 0.25) is 10.0 Å². The van der Waals surface area contributed by atoms with Crippen molar-refractivity contribution in [2.24, 2.45) is 5.73 Å². The predicted octanol–water partition coefficient (Wildman–Crippen LogP) is 4.29. The molecule has 11 nitrogen and oxygen atoms in total. The number of nitrogens with two attached hydrogens (primary N) is 1. The summed E-state index contributed by atoms with van der Waals surface area (Å²) in [6, 6.07) is 12.9. The number of urea groups is 1. The van der Waals surface area contributed by atoms with Gasteiger partial charge in [0.1, 0.15) is 11.6 Å². The van der Waals surface area contributed by atoms with Crippen LogP contribution in [-0.2, 0) is 6.54 Å². The zero-order valence-corrected chi connectivity index (χ0v) is 21.1. The molecule has 0 aliphatic rings. The Labute approximate surface area is 221 Å². The number of nitrogens with zero attached hydrogens (tertiary/aromatic N) is 6. The van der Waals surface area contributed by atoms with Crippen LogP contribution in [0.5, 0.6) is 11.5 Å². The summed E-state index contributed by atoms with van der Waals surface area (Å²) in [7, 11) is 1.62. The van der Waals surface area contributed by atoms with Gasteiger partial charge < -0.3 is 20.8 Å². The van der Waals surface area contributed by atoms with Crippen molar-refractivity contribution < 1.29 is 9.53 Å². The van der Waals surface area contributed by atoms with Gasteiger partial charge >= 0.3 is 6.03 Å². The fourth-order valence-corrected chi connectivity index (χ4v) is 3.90.